The van der Waals surface area contributed by atoms with Crippen molar-refractivity contribution in [3.8, 4) is 5.75 Å². The fourth-order valence-corrected chi connectivity index (χ4v) is 4.31. The fourth-order valence-electron chi connectivity index (χ4n) is 2.90. The lowest BCUT2D eigenvalue weighted by molar-refractivity contribution is -0.119. The predicted molar refractivity (Wildman–Crippen MR) is 125 cm³/mol. The first-order valence-electron chi connectivity index (χ1n) is 9.67. The highest BCUT2D eigenvalue weighted by Crippen LogP contribution is 2.27. The molecule has 0 aliphatic rings. The number of hydrogen-bond acceptors (Lipinski definition) is 6. The van der Waals surface area contributed by atoms with E-state index in [1.165, 1.54) is 44.5 Å². The number of carbonyl (C=O) groups is 2. The summed E-state index contributed by atoms with van der Waals surface area (Å²) in [4.78, 5) is 24.6. The van der Waals surface area contributed by atoms with Gasteiger partial charge in [0.05, 0.1) is 28.9 Å². The van der Waals surface area contributed by atoms with Crippen LogP contribution in [0.4, 0.5) is 11.4 Å². The molecule has 0 bridgehead atoms. The van der Waals surface area contributed by atoms with Gasteiger partial charge in [-0.2, -0.15) is 0 Å². The summed E-state index contributed by atoms with van der Waals surface area (Å²) >= 11 is 5.93. The summed E-state index contributed by atoms with van der Waals surface area (Å²) in [6.07, 6.45) is 0. The molecule has 0 saturated carbocycles. The van der Waals surface area contributed by atoms with Gasteiger partial charge in [-0.15, -0.1) is 0 Å². The van der Waals surface area contributed by atoms with Crippen molar-refractivity contribution in [3.63, 3.8) is 0 Å². The number of amides is 1. The first-order valence-corrected chi connectivity index (χ1v) is 11.5. The van der Waals surface area contributed by atoms with Gasteiger partial charge in [-0.1, -0.05) is 35.9 Å². The Kier molecular flexibility index (Phi) is 7.57. The highest BCUT2D eigenvalue weighted by molar-refractivity contribution is 7.92. The Bertz CT molecular complexity index is 1260. The fraction of sp³-hybridized carbons (Fsp3) is 0.130. The Hall–Kier alpha value is -3.56. The number of nitrogens with zero attached hydrogens (tertiary/aromatic N) is 1. The molecular weight excluding hydrogens is 468 g/mol. The van der Waals surface area contributed by atoms with E-state index in [-0.39, 0.29) is 10.5 Å². The maximum absolute atomic E-state index is 13.0. The monoisotopic (exact) mass is 488 g/mol. The molecule has 8 nitrogen and oxygen atoms in total. The molecule has 0 heterocycles. The van der Waals surface area contributed by atoms with Crippen molar-refractivity contribution in [1.29, 1.82) is 0 Å². The van der Waals surface area contributed by atoms with Crippen molar-refractivity contribution in [2.24, 2.45) is 0 Å². The molecule has 172 valence electrons. The zero-order chi connectivity index (χ0) is 24.0. The summed E-state index contributed by atoms with van der Waals surface area (Å²) in [5, 5.41) is 2.94. The highest BCUT2D eigenvalue weighted by Gasteiger charge is 2.23. The van der Waals surface area contributed by atoms with E-state index >= 15 is 0 Å². The molecule has 33 heavy (non-hydrogen) atoms. The number of sulfonamides is 1. The molecule has 1 amide bonds. The van der Waals surface area contributed by atoms with E-state index in [0.717, 1.165) is 4.31 Å². The van der Waals surface area contributed by atoms with E-state index in [1.807, 2.05) is 0 Å². The summed E-state index contributed by atoms with van der Waals surface area (Å²) in [6, 6.07) is 18.6. The topological polar surface area (TPSA) is 102 Å². The number of benzene rings is 3. The van der Waals surface area contributed by atoms with E-state index in [4.69, 9.17) is 21.1 Å². The average Bonchev–Trinajstić information content (AvgIpc) is 2.82. The zero-order valence-electron chi connectivity index (χ0n) is 17.8. The van der Waals surface area contributed by atoms with Gasteiger partial charge < -0.3 is 14.8 Å². The smallest absolute Gasteiger partial charge is 0.338 e. The Morgan fingerprint density at radius 3 is 2.42 bits per heavy atom. The van der Waals surface area contributed by atoms with Crippen molar-refractivity contribution >= 4 is 44.9 Å². The minimum Gasteiger partial charge on any atom is -0.495 e. The normalized spacial score (nSPS) is 10.9. The first kappa shape index (κ1) is 24.1. The molecule has 3 rings (SSSR count). The molecule has 0 fully saturated rings. The standard InChI is InChI=1S/C23H21ClN2O6S/c1-26(18-8-4-3-5-9-18)33(29,30)19-10-6-7-16(13-19)23(28)32-15-22(27)25-20-14-17(24)11-12-21(20)31-2/h3-14H,15H2,1-2H3,(H,25,27). The SMILES string of the molecule is COc1ccc(Cl)cc1NC(=O)COC(=O)c1cccc(S(=O)(=O)N(C)c2ccccc2)c1. The Morgan fingerprint density at radius 1 is 1.00 bits per heavy atom. The molecule has 0 aliphatic carbocycles. The molecular formula is C23H21ClN2O6S. The molecule has 3 aromatic carbocycles. The average molecular weight is 489 g/mol. The predicted octanol–water partition coefficient (Wildman–Crippen LogP) is 3.97. The van der Waals surface area contributed by atoms with Gasteiger partial charge >= 0.3 is 5.97 Å². The molecule has 10 heteroatoms. The lowest BCUT2D eigenvalue weighted by Crippen LogP contribution is -2.26. The van der Waals surface area contributed by atoms with Gasteiger partial charge in [-0.3, -0.25) is 9.10 Å². The van der Waals surface area contributed by atoms with E-state index in [0.29, 0.717) is 22.1 Å². The summed E-state index contributed by atoms with van der Waals surface area (Å²) in [5.41, 5.74) is 0.785. The third-order valence-electron chi connectivity index (χ3n) is 4.62. The van der Waals surface area contributed by atoms with Gasteiger partial charge in [-0.05, 0) is 48.5 Å². The molecule has 0 aliphatic heterocycles. The minimum absolute atomic E-state index is 0.00864. The maximum Gasteiger partial charge on any atom is 0.338 e. The van der Waals surface area contributed by atoms with Gasteiger partial charge in [0.1, 0.15) is 5.75 Å². The molecule has 0 saturated heterocycles. The molecule has 0 spiro atoms. The van der Waals surface area contributed by atoms with Gasteiger partial charge in [-0.25, -0.2) is 13.2 Å². The van der Waals surface area contributed by atoms with Crippen LogP contribution in [0.3, 0.4) is 0 Å². The largest absolute Gasteiger partial charge is 0.495 e. The number of para-hydroxylation sites is 1. The number of carbonyl (C=O) groups excluding carboxylic acids is 2. The van der Waals surface area contributed by atoms with Crippen molar-refractivity contribution < 1.29 is 27.5 Å². The molecule has 0 unspecified atom stereocenters. The van der Waals surface area contributed by atoms with Crippen LogP contribution in [0.25, 0.3) is 0 Å². The van der Waals surface area contributed by atoms with Gasteiger partial charge in [0.25, 0.3) is 15.9 Å². The highest BCUT2D eigenvalue weighted by atomic mass is 35.5. The van der Waals surface area contributed by atoms with E-state index in [2.05, 4.69) is 5.32 Å². The number of anilines is 2. The van der Waals surface area contributed by atoms with E-state index in [9.17, 15) is 18.0 Å². The zero-order valence-corrected chi connectivity index (χ0v) is 19.4. The number of esters is 1. The van der Waals surface area contributed by atoms with Crippen LogP contribution in [0.2, 0.25) is 5.02 Å². The number of hydrogen-bond donors (Lipinski definition) is 1. The van der Waals surface area contributed by atoms with Crippen LogP contribution in [0.5, 0.6) is 5.75 Å². The summed E-state index contributed by atoms with van der Waals surface area (Å²) in [5.74, 6) is -1.07. The quantitative estimate of drug-likeness (QED) is 0.481. The van der Waals surface area contributed by atoms with Gasteiger partial charge in [0.2, 0.25) is 0 Å². The third-order valence-corrected chi connectivity index (χ3v) is 6.63. The van der Waals surface area contributed by atoms with Crippen molar-refractivity contribution in [3.05, 3.63) is 83.4 Å². The lowest BCUT2D eigenvalue weighted by Gasteiger charge is -2.19. The summed E-state index contributed by atoms with van der Waals surface area (Å²) < 4.78 is 37.2. The maximum atomic E-state index is 13.0. The summed E-state index contributed by atoms with van der Waals surface area (Å²) in [7, 11) is -1.05. The molecule has 1 N–H and O–H groups in total. The molecule has 3 aromatic rings. The molecule has 0 atom stereocenters. The van der Waals surface area contributed by atoms with Gasteiger partial charge in [0, 0.05) is 12.1 Å². The third kappa shape index (κ3) is 5.82. The summed E-state index contributed by atoms with van der Waals surface area (Å²) in [6.45, 7) is -0.588. The van der Waals surface area contributed by atoms with Crippen LogP contribution in [-0.4, -0.2) is 41.1 Å². The number of ether oxygens (including phenoxy) is 2. The minimum atomic E-state index is -3.91. The van der Waals surface area contributed by atoms with Crippen molar-refractivity contribution in [2.45, 2.75) is 4.90 Å². The first-order chi connectivity index (χ1) is 15.7. The van der Waals surface area contributed by atoms with Crippen LogP contribution in [0, 0.1) is 0 Å². The van der Waals surface area contributed by atoms with Gasteiger partial charge in [0.15, 0.2) is 6.61 Å². The number of methoxy groups -OCH3 is 1. The van der Waals surface area contributed by atoms with Crippen LogP contribution in [0.1, 0.15) is 10.4 Å². The van der Waals surface area contributed by atoms with Crippen molar-refractivity contribution in [2.75, 3.05) is 30.4 Å². The Morgan fingerprint density at radius 2 is 1.73 bits per heavy atom. The Balaban J connectivity index is 1.69. The van der Waals surface area contributed by atoms with Crippen LogP contribution in [-0.2, 0) is 19.6 Å². The Labute approximate surface area is 196 Å². The van der Waals surface area contributed by atoms with Crippen LogP contribution >= 0.6 is 11.6 Å². The van der Waals surface area contributed by atoms with Crippen LogP contribution in [0.15, 0.2) is 77.7 Å². The number of rotatable bonds is 8. The van der Waals surface area contributed by atoms with E-state index < -0.39 is 28.5 Å². The van der Waals surface area contributed by atoms with Crippen LogP contribution < -0.4 is 14.4 Å². The number of nitrogens with one attached hydrogen (secondary N) is 1. The number of halogens is 1. The van der Waals surface area contributed by atoms with E-state index in [1.54, 1.807) is 42.5 Å². The molecule has 0 aromatic heterocycles. The second-order valence-corrected chi connectivity index (χ2v) is 9.21. The second-order valence-electron chi connectivity index (χ2n) is 6.80. The molecule has 0 radical (unpaired) electrons. The lowest BCUT2D eigenvalue weighted by atomic mass is 10.2. The second kappa shape index (κ2) is 10.4. The van der Waals surface area contributed by atoms with Crippen molar-refractivity contribution in [1.82, 2.24) is 0 Å².